The first-order chi connectivity index (χ1) is 12.6. The predicted molar refractivity (Wildman–Crippen MR) is 103 cm³/mol. The fourth-order valence-electron chi connectivity index (χ4n) is 3.64. The van der Waals surface area contributed by atoms with Crippen LogP contribution < -0.4 is 10.6 Å². The Kier molecular flexibility index (Phi) is 4.09. The van der Waals surface area contributed by atoms with E-state index in [0.29, 0.717) is 12.2 Å². The molecule has 6 heteroatoms. The van der Waals surface area contributed by atoms with Crippen molar-refractivity contribution in [3.63, 3.8) is 0 Å². The zero-order valence-electron chi connectivity index (χ0n) is 14.9. The molecule has 1 atom stereocenters. The van der Waals surface area contributed by atoms with Gasteiger partial charge in [-0.25, -0.2) is 9.83 Å². The molecule has 26 heavy (non-hydrogen) atoms. The highest BCUT2D eigenvalue weighted by Gasteiger charge is 2.29. The van der Waals surface area contributed by atoms with Crippen molar-refractivity contribution in [3.8, 4) is 0 Å². The summed E-state index contributed by atoms with van der Waals surface area (Å²) in [6.45, 7) is 11.6. The molecule has 0 saturated carbocycles. The third-order valence-corrected chi connectivity index (χ3v) is 4.90. The second kappa shape index (κ2) is 6.43. The number of hydrogen-bond donors (Lipinski definition) is 1. The summed E-state index contributed by atoms with van der Waals surface area (Å²) < 4.78 is 2.20. The summed E-state index contributed by atoms with van der Waals surface area (Å²) in [5.74, 6) is 0.943. The number of piperidine rings is 1. The van der Waals surface area contributed by atoms with E-state index in [-0.39, 0.29) is 5.54 Å². The number of imidazole rings is 1. The van der Waals surface area contributed by atoms with E-state index in [1.165, 1.54) is 0 Å². The van der Waals surface area contributed by atoms with Gasteiger partial charge >= 0.3 is 0 Å². The molecule has 1 saturated heterocycles. The zero-order valence-corrected chi connectivity index (χ0v) is 14.9. The fraction of sp³-hybridized carbons (Fsp3) is 0.350. The van der Waals surface area contributed by atoms with Crippen molar-refractivity contribution in [2.45, 2.75) is 31.8 Å². The standard InChI is InChI=1S/C20H22N6/c1-20(21)10-5-11-25(14-20)19-24-17-6-3-4-7-18(17)26(19)13-16-9-8-15(22-2)12-23-16/h3-4,6-9,12H,5,10-11,13-14,21H2,1H3/t20-/m0/s1. The molecular weight excluding hydrogens is 324 g/mol. The van der Waals surface area contributed by atoms with Gasteiger partial charge in [0.05, 0.1) is 29.8 Å². The van der Waals surface area contributed by atoms with Crippen LogP contribution in [0.3, 0.4) is 0 Å². The van der Waals surface area contributed by atoms with E-state index in [0.717, 1.165) is 48.6 Å². The highest BCUT2D eigenvalue weighted by molar-refractivity contribution is 5.79. The quantitative estimate of drug-likeness (QED) is 0.739. The van der Waals surface area contributed by atoms with E-state index >= 15 is 0 Å². The van der Waals surface area contributed by atoms with Crippen molar-refractivity contribution < 1.29 is 0 Å². The van der Waals surface area contributed by atoms with Gasteiger partial charge in [0.1, 0.15) is 0 Å². The van der Waals surface area contributed by atoms with Crippen LogP contribution in [0.15, 0.2) is 42.6 Å². The summed E-state index contributed by atoms with van der Waals surface area (Å²) in [6.07, 6.45) is 3.72. The van der Waals surface area contributed by atoms with Crippen molar-refractivity contribution in [3.05, 3.63) is 59.7 Å². The van der Waals surface area contributed by atoms with Crippen LogP contribution >= 0.6 is 0 Å². The Morgan fingerprint density at radius 1 is 1.27 bits per heavy atom. The number of aromatic nitrogens is 3. The maximum atomic E-state index is 7.07. The normalized spacial score (nSPS) is 20.3. The number of benzene rings is 1. The number of rotatable bonds is 3. The van der Waals surface area contributed by atoms with Gasteiger partial charge in [0.15, 0.2) is 0 Å². The van der Waals surface area contributed by atoms with Gasteiger partial charge in [0.2, 0.25) is 11.6 Å². The lowest BCUT2D eigenvalue weighted by atomic mass is 9.93. The Morgan fingerprint density at radius 3 is 2.85 bits per heavy atom. The molecule has 2 aromatic heterocycles. The third kappa shape index (κ3) is 3.14. The smallest absolute Gasteiger partial charge is 0.206 e. The van der Waals surface area contributed by atoms with Crippen LogP contribution in [0.5, 0.6) is 0 Å². The second-order valence-electron chi connectivity index (χ2n) is 7.29. The van der Waals surface area contributed by atoms with E-state index in [9.17, 15) is 0 Å². The van der Waals surface area contributed by atoms with E-state index in [1.54, 1.807) is 6.20 Å². The van der Waals surface area contributed by atoms with E-state index in [2.05, 4.69) is 32.3 Å². The molecule has 0 aliphatic carbocycles. The van der Waals surface area contributed by atoms with Gasteiger partial charge in [0, 0.05) is 24.8 Å². The molecule has 1 fully saturated rings. The first-order valence-electron chi connectivity index (χ1n) is 8.87. The van der Waals surface area contributed by atoms with Crippen molar-refractivity contribution in [1.29, 1.82) is 0 Å². The topological polar surface area (TPSA) is 64.3 Å². The molecule has 3 heterocycles. The summed E-state index contributed by atoms with van der Waals surface area (Å²) >= 11 is 0. The van der Waals surface area contributed by atoms with Crippen molar-refractivity contribution in [2.75, 3.05) is 18.0 Å². The maximum absolute atomic E-state index is 7.07. The van der Waals surface area contributed by atoms with Gasteiger partial charge in [-0.2, -0.15) is 0 Å². The number of pyridine rings is 1. The molecule has 1 aromatic carbocycles. The lowest BCUT2D eigenvalue weighted by Crippen LogP contribution is -2.52. The van der Waals surface area contributed by atoms with Gasteiger partial charge in [0.25, 0.3) is 0 Å². The highest BCUT2D eigenvalue weighted by Crippen LogP contribution is 2.28. The number of fused-ring (bicyclic) bond motifs is 1. The number of nitrogens with zero attached hydrogens (tertiary/aromatic N) is 5. The Bertz CT molecular complexity index is 964. The largest absolute Gasteiger partial charge is 0.340 e. The van der Waals surface area contributed by atoms with Crippen molar-refractivity contribution in [1.82, 2.24) is 14.5 Å². The average molecular weight is 346 g/mol. The van der Waals surface area contributed by atoms with Gasteiger partial charge in [-0.3, -0.25) is 4.98 Å². The molecule has 1 aliphatic rings. The summed E-state index contributed by atoms with van der Waals surface area (Å²) in [7, 11) is 0. The van der Waals surface area contributed by atoms with Gasteiger partial charge in [-0.05, 0) is 38.0 Å². The van der Waals surface area contributed by atoms with Crippen molar-refractivity contribution in [2.24, 2.45) is 5.73 Å². The monoisotopic (exact) mass is 346 g/mol. The minimum absolute atomic E-state index is 0.198. The van der Waals surface area contributed by atoms with Gasteiger partial charge < -0.3 is 15.2 Å². The maximum Gasteiger partial charge on any atom is 0.206 e. The molecule has 0 radical (unpaired) electrons. The average Bonchev–Trinajstić information content (AvgIpc) is 3.00. The van der Waals surface area contributed by atoms with Crippen LogP contribution in [-0.2, 0) is 6.54 Å². The SMILES string of the molecule is [C-]#[N+]c1ccc(Cn2c(N3CCC[C@](C)(N)C3)nc3ccccc32)nc1. The van der Waals surface area contributed by atoms with Gasteiger partial charge in [-0.15, -0.1) is 0 Å². The van der Waals surface area contributed by atoms with Crippen LogP contribution in [0.25, 0.3) is 15.9 Å². The molecule has 4 rings (SSSR count). The highest BCUT2D eigenvalue weighted by atomic mass is 15.3. The second-order valence-corrected chi connectivity index (χ2v) is 7.29. The Morgan fingerprint density at radius 2 is 2.12 bits per heavy atom. The Labute approximate surface area is 153 Å². The molecule has 1 aliphatic heterocycles. The van der Waals surface area contributed by atoms with Crippen LogP contribution in [0.2, 0.25) is 0 Å². The summed E-state index contributed by atoms with van der Waals surface area (Å²) in [6, 6.07) is 11.9. The molecule has 0 unspecified atom stereocenters. The van der Waals surface area contributed by atoms with Crippen LogP contribution in [-0.4, -0.2) is 33.2 Å². The zero-order chi connectivity index (χ0) is 18.1. The molecule has 3 aromatic rings. The first kappa shape index (κ1) is 16.6. The van der Waals surface area contributed by atoms with Crippen LogP contribution in [0.4, 0.5) is 11.6 Å². The number of para-hydroxylation sites is 2. The Balaban J connectivity index is 1.75. The molecule has 2 N–H and O–H groups in total. The first-order valence-corrected chi connectivity index (χ1v) is 8.87. The van der Waals surface area contributed by atoms with E-state index in [4.69, 9.17) is 17.3 Å². The molecule has 132 valence electrons. The molecule has 0 amide bonds. The lowest BCUT2D eigenvalue weighted by molar-refractivity contribution is 0.370. The minimum atomic E-state index is -0.198. The van der Waals surface area contributed by atoms with E-state index < -0.39 is 0 Å². The minimum Gasteiger partial charge on any atom is -0.340 e. The number of anilines is 1. The summed E-state index contributed by atoms with van der Waals surface area (Å²) in [5, 5.41) is 0. The van der Waals surface area contributed by atoms with Crippen LogP contribution in [0.1, 0.15) is 25.5 Å². The number of nitrogens with two attached hydrogens (primary N) is 1. The number of hydrogen-bond acceptors (Lipinski definition) is 4. The Hall–Kier alpha value is -2.91. The van der Waals surface area contributed by atoms with Crippen molar-refractivity contribution >= 4 is 22.7 Å². The van der Waals surface area contributed by atoms with Gasteiger partial charge in [-0.1, -0.05) is 18.2 Å². The molecule has 0 spiro atoms. The van der Waals surface area contributed by atoms with E-state index in [1.807, 2.05) is 30.3 Å². The summed E-state index contributed by atoms with van der Waals surface area (Å²) in [4.78, 5) is 15.0. The third-order valence-electron chi connectivity index (χ3n) is 4.90. The molecule has 6 nitrogen and oxygen atoms in total. The van der Waals surface area contributed by atoms with Crippen LogP contribution in [0, 0.1) is 6.57 Å². The fourth-order valence-corrected chi connectivity index (χ4v) is 3.64. The lowest BCUT2D eigenvalue weighted by Gasteiger charge is -2.38. The summed E-state index contributed by atoms with van der Waals surface area (Å²) in [5.41, 5.74) is 9.75. The molecule has 0 bridgehead atoms. The predicted octanol–water partition coefficient (Wildman–Crippen LogP) is 3.35. The molecular formula is C20H22N6.